The van der Waals surface area contributed by atoms with E-state index in [1.165, 1.54) is 0 Å². The van der Waals surface area contributed by atoms with Gasteiger partial charge in [-0.2, -0.15) is 0 Å². The van der Waals surface area contributed by atoms with Crippen LogP contribution in [0.5, 0.6) is 11.5 Å². The molecule has 1 aliphatic heterocycles. The minimum atomic E-state index is -0.280. The van der Waals surface area contributed by atoms with Crippen molar-refractivity contribution in [1.29, 1.82) is 0 Å². The molecular weight excluding hydrogens is 232 g/mol. The molecule has 0 bridgehead atoms. The summed E-state index contributed by atoms with van der Waals surface area (Å²) in [5.41, 5.74) is 0.757. The van der Waals surface area contributed by atoms with Crippen LogP contribution in [0.25, 0.3) is 0 Å². The number of esters is 1. The molecule has 1 heterocycles. The van der Waals surface area contributed by atoms with E-state index in [-0.39, 0.29) is 19.2 Å². The van der Waals surface area contributed by atoms with E-state index in [9.17, 15) is 4.79 Å². The smallest absolute Gasteiger partial charge is 0.310 e. The van der Waals surface area contributed by atoms with Gasteiger partial charge < -0.3 is 14.2 Å². The van der Waals surface area contributed by atoms with Gasteiger partial charge in [0.2, 0.25) is 6.79 Å². The summed E-state index contributed by atoms with van der Waals surface area (Å²) in [6, 6.07) is 3.43. The molecule has 1 aromatic carbocycles. The molecule has 1 aliphatic rings. The van der Waals surface area contributed by atoms with Gasteiger partial charge in [0.25, 0.3) is 0 Å². The number of halogens is 1. The summed E-state index contributed by atoms with van der Waals surface area (Å²) in [4.78, 5) is 11.3. The molecular formula is C11H11ClO4. The predicted octanol–water partition coefficient (Wildman–Crippen LogP) is 2.17. The maximum absolute atomic E-state index is 11.3. The summed E-state index contributed by atoms with van der Waals surface area (Å²) in [6.07, 6.45) is 0.185. The number of carbonyl (C=O) groups excluding carboxylic acids is 1. The zero-order valence-electron chi connectivity index (χ0n) is 8.79. The minimum absolute atomic E-state index is 0.165. The molecule has 0 radical (unpaired) electrons. The molecule has 0 aliphatic carbocycles. The summed E-state index contributed by atoms with van der Waals surface area (Å²) in [6.45, 7) is 2.31. The van der Waals surface area contributed by atoms with Crippen LogP contribution in [0.2, 0.25) is 5.02 Å². The first-order valence-corrected chi connectivity index (χ1v) is 5.32. The van der Waals surface area contributed by atoms with Gasteiger partial charge in [0.15, 0.2) is 11.5 Å². The average Bonchev–Trinajstić information content (AvgIpc) is 2.66. The van der Waals surface area contributed by atoms with Crippen LogP contribution in [0.15, 0.2) is 12.1 Å². The van der Waals surface area contributed by atoms with Gasteiger partial charge in [-0.15, -0.1) is 0 Å². The molecule has 5 heteroatoms. The van der Waals surface area contributed by atoms with Crippen molar-refractivity contribution in [2.45, 2.75) is 13.3 Å². The van der Waals surface area contributed by atoms with Crippen LogP contribution in [0, 0.1) is 0 Å². The third-order valence-corrected chi connectivity index (χ3v) is 2.42. The highest BCUT2D eigenvalue weighted by molar-refractivity contribution is 6.32. The summed E-state index contributed by atoms with van der Waals surface area (Å²) in [5, 5.41) is 0.453. The van der Waals surface area contributed by atoms with Crippen molar-refractivity contribution in [1.82, 2.24) is 0 Å². The van der Waals surface area contributed by atoms with Crippen molar-refractivity contribution < 1.29 is 19.0 Å². The number of benzene rings is 1. The lowest BCUT2D eigenvalue weighted by Crippen LogP contribution is -2.07. The summed E-state index contributed by atoms with van der Waals surface area (Å²) < 4.78 is 15.2. The van der Waals surface area contributed by atoms with Crippen LogP contribution >= 0.6 is 11.6 Å². The molecule has 0 saturated heterocycles. The van der Waals surface area contributed by atoms with E-state index in [4.69, 9.17) is 25.8 Å². The molecule has 0 spiro atoms. The number of hydrogen-bond acceptors (Lipinski definition) is 4. The molecule has 1 aromatic rings. The second-order valence-corrected chi connectivity index (χ2v) is 3.70. The first-order chi connectivity index (χ1) is 7.70. The number of ether oxygens (including phenoxy) is 3. The monoisotopic (exact) mass is 242 g/mol. The third-order valence-electron chi connectivity index (χ3n) is 2.14. The maximum Gasteiger partial charge on any atom is 0.310 e. The standard InChI is InChI=1S/C11H11ClO4/c1-2-14-10(13)5-7-3-8(12)11-9(4-7)15-6-16-11/h3-4H,2,5-6H2,1H3. The molecule has 16 heavy (non-hydrogen) atoms. The normalized spacial score (nSPS) is 12.6. The maximum atomic E-state index is 11.3. The van der Waals surface area contributed by atoms with Crippen LogP contribution in [0.4, 0.5) is 0 Å². The Bertz CT molecular complexity index is 417. The quantitative estimate of drug-likeness (QED) is 0.762. The zero-order valence-corrected chi connectivity index (χ0v) is 9.54. The van der Waals surface area contributed by atoms with Gasteiger partial charge in [0, 0.05) is 0 Å². The van der Waals surface area contributed by atoms with Gasteiger partial charge >= 0.3 is 5.97 Å². The fourth-order valence-corrected chi connectivity index (χ4v) is 1.79. The highest BCUT2D eigenvalue weighted by Gasteiger charge is 2.19. The van der Waals surface area contributed by atoms with Crippen molar-refractivity contribution in [3.63, 3.8) is 0 Å². The van der Waals surface area contributed by atoms with Crippen molar-refractivity contribution >= 4 is 17.6 Å². The van der Waals surface area contributed by atoms with Gasteiger partial charge in [-0.1, -0.05) is 11.6 Å². The van der Waals surface area contributed by atoms with Crippen molar-refractivity contribution in [3.05, 3.63) is 22.7 Å². The molecule has 0 aromatic heterocycles. The predicted molar refractivity (Wildman–Crippen MR) is 57.9 cm³/mol. The molecule has 0 fully saturated rings. The second-order valence-electron chi connectivity index (χ2n) is 3.29. The topological polar surface area (TPSA) is 44.8 Å². The second kappa shape index (κ2) is 4.61. The van der Waals surface area contributed by atoms with Gasteiger partial charge in [0.05, 0.1) is 18.1 Å². The number of hydrogen-bond donors (Lipinski definition) is 0. The lowest BCUT2D eigenvalue weighted by atomic mass is 10.1. The first kappa shape index (κ1) is 11.1. The average molecular weight is 243 g/mol. The summed E-state index contributed by atoms with van der Waals surface area (Å²) in [5.74, 6) is 0.832. The Kier molecular flexibility index (Phi) is 3.19. The van der Waals surface area contributed by atoms with Crippen LogP contribution in [-0.4, -0.2) is 19.4 Å². The Morgan fingerprint density at radius 2 is 2.31 bits per heavy atom. The van der Waals surface area contributed by atoms with Crippen molar-refractivity contribution in [2.75, 3.05) is 13.4 Å². The molecule has 2 rings (SSSR count). The fraction of sp³-hybridized carbons (Fsp3) is 0.364. The molecule has 0 saturated carbocycles. The van der Waals surface area contributed by atoms with E-state index < -0.39 is 0 Å². The Balaban J connectivity index is 2.17. The zero-order chi connectivity index (χ0) is 11.5. The largest absolute Gasteiger partial charge is 0.466 e. The lowest BCUT2D eigenvalue weighted by Gasteiger charge is -2.04. The molecule has 86 valence electrons. The van der Waals surface area contributed by atoms with E-state index in [2.05, 4.69) is 0 Å². The molecule has 0 unspecified atom stereocenters. The Hall–Kier alpha value is -1.42. The third kappa shape index (κ3) is 2.22. The number of carbonyl (C=O) groups is 1. The molecule has 0 N–H and O–H groups in total. The Labute approximate surface area is 98.1 Å². The van der Waals surface area contributed by atoms with E-state index in [0.29, 0.717) is 23.1 Å². The van der Waals surface area contributed by atoms with Gasteiger partial charge in [-0.25, -0.2) is 0 Å². The van der Waals surface area contributed by atoms with Gasteiger partial charge in [-0.3, -0.25) is 4.79 Å². The number of fused-ring (bicyclic) bond motifs is 1. The van der Waals surface area contributed by atoms with Gasteiger partial charge in [-0.05, 0) is 24.6 Å². The van der Waals surface area contributed by atoms with E-state index in [1.807, 2.05) is 0 Å². The minimum Gasteiger partial charge on any atom is -0.466 e. The van der Waals surface area contributed by atoms with Gasteiger partial charge in [0.1, 0.15) is 0 Å². The van der Waals surface area contributed by atoms with Crippen molar-refractivity contribution in [3.8, 4) is 11.5 Å². The summed E-state index contributed by atoms with van der Waals surface area (Å²) >= 11 is 5.98. The van der Waals surface area contributed by atoms with E-state index in [0.717, 1.165) is 5.56 Å². The Morgan fingerprint density at radius 1 is 1.50 bits per heavy atom. The highest BCUT2D eigenvalue weighted by Crippen LogP contribution is 2.39. The highest BCUT2D eigenvalue weighted by atomic mass is 35.5. The van der Waals surface area contributed by atoms with Crippen LogP contribution in [0.3, 0.4) is 0 Å². The van der Waals surface area contributed by atoms with Crippen molar-refractivity contribution in [2.24, 2.45) is 0 Å². The molecule has 4 nitrogen and oxygen atoms in total. The lowest BCUT2D eigenvalue weighted by molar-refractivity contribution is -0.142. The van der Waals surface area contributed by atoms with E-state index in [1.54, 1.807) is 19.1 Å². The SMILES string of the molecule is CCOC(=O)Cc1cc(Cl)c2c(c1)OCO2. The number of rotatable bonds is 3. The first-order valence-electron chi connectivity index (χ1n) is 4.94. The Morgan fingerprint density at radius 3 is 3.06 bits per heavy atom. The fourth-order valence-electron chi connectivity index (χ4n) is 1.50. The van der Waals surface area contributed by atoms with E-state index >= 15 is 0 Å². The molecule has 0 amide bonds. The van der Waals surface area contributed by atoms with Crippen LogP contribution in [0.1, 0.15) is 12.5 Å². The van der Waals surface area contributed by atoms with Crippen LogP contribution < -0.4 is 9.47 Å². The summed E-state index contributed by atoms with van der Waals surface area (Å²) in [7, 11) is 0. The molecule has 0 atom stereocenters. The van der Waals surface area contributed by atoms with Crippen LogP contribution in [-0.2, 0) is 16.0 Å².